The van der Waals surface area contributed by atoms with Gasteiger partial charge in [0.25, 0.3) is 0 Å². The molecule has 0 unspecified atom stereocenters. The van der Waals surface area contributed by atoms with Gasteiger partial charge in [-0.2, -0.15) is 0 Å². The predicted octanol–water partition coefficient (Wildman–Crippen LogP) is 0.570. The summed E-state index contributed by atoms with van der Waals surface area (Å²) in [5, 5.41) is 18.2. The van der Waals surface area contributed by atoms with Crippen LogP contribution in [0.25, 0.3) is 0 Å². The van der Waals surface area contributed by atoms with Crippen molar-refractivity contribution in [1.29, 1.82) is 0 Å². The summed E-state index contributed by atoms with van der Waals surface area (Å²) >= 11 is 0. The van der Waals surface area contributed by atoms with Crippen LogP contribution in [0, 0.1) is 0 Å². The van der Waals surface area contributed by atoms with Crippen molar-refractivity contribution in [1.82, 2.24) is 9.29 Å². The Bertz CT molecular complexity index is 599. The number of aromatic carboxylic acids is 1. The van der Waals surface area contributed by atoms with Crippen LogP contribution in [0.3, 0.4) is 0 Å². The van der Waals surface area contributed by atoms with Gasteiger partial charge in [-0.05, 0) is 25.3 Å². The van der Waals surface area contributed by atoms with E-state index in [1.807, 2.05) is 0 Å². The number of nitrogens with one attached hydrogen (secondary N) is 1. The third-order valence-corrected chi connectivity index (χ3v) is 4.82. The highest BCUT2D eigenvalue weighted by Crippen LogP contribution is 2.37. The number of carboxylic acid groups (broad SMARTS) is 1. The van der Waals surface area contributed by atoms with E-state index in [1.165, 1.54) is 10.8 Å². The van der Waals surface area contributed by atoms with Gasteiger partial charge >= 0.3 is 5.97 Å². The summed E-state index contributed by atoms with van der Waals surface area (Å²) < 4.78 is 28.2. The molecule has 2 rings (SSSR count). The summed E-state index contributed by atoms with van der Waals surface area (Å²) in [5.74, 6) is -1.15. The van der Waals surface area contributed by atoms with Crippen molar-refractivity contribution in [2.24, 2.45) is 0 Å². The molecule has 1 saturated carbocycles. The zero-order valence-corrected chi connectivity index (χ0v) is 11.9. The molecule has 0 amide bonds. The summed E-state index contributed by atoms with van der Waals surface area (Å²) in [7, 11) is -3.82. The lowest BCUT2D eigenvalue weighted by atomic mass is 10.3. The number of hydrogen-bond acceptors (Lipinski definition) is 4. The Hall–Kier alpha value is -1.38. The number of sulfonamides is 1. The monoisotopic (exact) mass is 302 g/mol. The third kappa shape index (κ3) is 3.02. The Labute approximate surface area is 117 Å². The highest BCUT2D eigenvalue weighted by Gasteiger charge is 2.30. The number of carboxylic acids is 1. The summed E-state index contributed by atoms with van der Waals surface area (Å²) in [6.07, 6.45) is 3.52. The topological polar surface area (TPSA) is 109 Å². The molecule has 0 radical (unpaired) electrons. The SMILES string of the molecule is CC[C@@H](CO)NS(=O)(=O)c1cc(C(=O)O)n(C2CC2)c1. The van der Waals surface area contributed by atoms with Crippen LogP contribution in [-0.4, -0.2) is 41.8 Å². The Morgan fingerprint density at radius 3 is 2.65 bits per heavy atom. The molecule has 1 aliphatic rings. The summed E-state index contributed by atoms with van der Waals surface area (Å²) in [6, 6.07) is 0.662. The van der Waals surface area contributed by atoms with Crippen LogP contribution in [0.5, 0.6) is 0 Å². The van der Waals surface area contributed by atoms with Crippen molar-refractivity contribution in [2.45, 2.75) is 43.2 Å². The molecule has 0 aromatic carbocycles. The number of aliphatic hydroxyl groups excluding tert-OH is 1. The molecule has 3 N–H and O–H groups in total. The van der Waals surface area contributed by atoms with E-state index in [1.54, 1.807) is 6.92 Å². The first-order valence-corrected chi connectivity index (χ1v) is 7.95. The molecule has 1 aliphatic carbocycles. The van der Waals surface area contributed by atoms with Gasteiger partial charge in [-0.3, -0.25) is 0 Å². The highest BCUT2D eigenvalue weighted by atomic mass is 32.2. The zero-order chi connectivity index (χ0) is 14.9. The third-order valence-electron chi connectivity index (χ3n) is 3.33. The second-order valence-corrected chi connectivity index (χ2v) is 6.63. The second-order valence-electron chi connectivity index (χ2n) is 4.91. The lowest BCUT2D eigenvalue weighted by Crippen LogP contribution is -2.36. The Kier molecular flexibility index (Phi) is 4.17. The Morgan fingerprint density at radius 2 is 2.20 bits per heavy atom. The van der Waals surface area contributed by atoms with E-state index < -0.39 is 22.0 Å². The average Bonchev–Trinajstić information content (AvgIpc) is 3.13. The Balaban J connectivity index is 2.32. The van der Waals surface area contributed by atoms with Crippen molar-refractivity contribution < 1.29 is 23.4 Å². The fourth-order valence-electron chi connectivity index (χ4n) is 1.96. The van der Waals surface area contributed by atoms with Crippen LogP contribution in [0.2, 0.25) is 0 Å². The van der Waals surface area contributed by atoms with Crippen molar-refractivity contribution >= 4 is 16.0 Å². The largest absolute Gasteiger partial charge is 0.477 e. The molecule has 20 heavy (non-hydrogen) atoms. The van der Waals surface area contributed by atoms with Gasteiger partial charge in [0.1, 0.15) is 10.6 Å². The number of carbonyl (C=O) groups is 1. The predicted molar refractivity (Wildman–Crippen MR) is 71.1 cm³/mol. The number of rotatable bonds is 7. The Morgan fingerprint density at radius 1 is 1.55 bits per heavy atom. The maximum Gasteiger partial charge on any atom is 0.352 e. The molecule has 0 aliphatic heterocycles. The van der Waals surface area contributed by atoms with Gasteiger partial charge in [0, 0.05) is 18.3 Å². The fraction of sp³-hybridized carbons (Fsp3) is 0.583. The van der Waals surface area contributed by atoms with Gasteiger partial charge in [0.2, 0.25) is 10.0 Å². The second kappa shape index (κ2) is 5.55. The maximum absolute atomic E-state index is 12.2. The van der Waals surface area contributed by atoms with Crippen LogP contribution in [-0.2, 0) is 10.0 Å². The van der Waals surface area contributed by atoms with Crippen molar-refractivity contribution in [2.75, 3.05) is 6.61 Å². The van der Waals surface area contributed by atoms with Crippen LogP contribution < -0.4 is 4.72 Å². The van der Waals surface area contributed by atoms with Gasteiger partial charge in [-0.25, -0.2) is 17.9 Å². The van der Waals surface area contributed by atoms with Gasteiger partial charge in [0.15, 0.2) is 0 Å². The molecule has 7 nitrogen and oxygen atoms in total. The molecule has 1 heterocycles. The van der Waals surface area contributed by atoms with E-state index in [0.29, 0.717) is 6.42 Å². The molecule has 0 spiro atoms. The van der Waals surface area contributed by atoms with Crippen LogP contribution >= 0.6 is 0 Å². The molecule has 1 aromatic heterocycles. The number of nitrogens with zero attached hydrogens (tertiary/aromatic N) is 1. The molecule has 1 aromatic rings. The number of hydrogen-bond donors (Lipinski definition) is 3. The van der Waals surface area contributed by atoms with Crippen LogP contribution in [0.15, 0.2) is 17.2 Å². The van der Waals surface area contributed by atoms with Crippen LogP contribution in [0.4, 0.5) is 0 Å². The molecular weight excluding hydrogens is 284 g/mol. The van der Waals surface area contributed by atoms with Crippen molar-refractivity contribution in [3.63, 3.8) is 0 Å². The average molecular weight is 302 g/mol. The van der Waals surface area contributed by atoms with Gasteiger partial charge in [0.05, 0.1) is 6.61 Å². The van der Waals surface area contributed by atoms with E-state index in [0.717, 1.165) is 18.9 Å². The maximum atomic E-state index is 12.2. The minimum absolute atomic E-state index is 0.0232. The standard InChI is InChI=1S/C12H18N2O5S/c1-2-8(7-15)13-20(18,19)10-5-11(12(16)17)14(6-10)9-3-4-9/h5-6,8-9,13,15H,2-4,7H2,1H3,(H,16,17)/t8-/m0/s1. The lowest BCUT2D eigenvalue weighted by Gasteiger charge is -2.13. The first kappa shape index (κ1) is 15.0. The molecule has 0 bridgehead atoms. The van der Waals surface area contributed by atoms with Gasteiger partial charge in [-0.15, -0.1) is 0 Å². The molecule has 8 heteroatoms. The molecule has 0 saturated heterocycles. The van der Waals surface area contributed by atoms with Gasteiger partial charge in [-0.1, -0.05) is 6.92 Å². The number of aromatic nitrogens is 1. The fourth-order valence-corrected chi connectivity index (χ4v) is 3.30. The normalized spacial score (nSPS) is 17.1. The molecular formula is C12H18N2O5S. The van der Waals surface area contributed by atoms with Gasteiger partial charge < -0.3 is 14.8 Å². The highest BCUT2D eigenvalue weighted by molar-refractivity contribution is 7.89. The quantitative estimate of drug-likeness (QED) is 0.682. The minimum atomic E-state index is -3.82. The first-order valence-electron chi connectivity index (χ1n) is 6.47. The van der Waals surface area contributed by atoms with E-state index in [-0.39, 0.29) is 23.2 Å². The van der Waals surface area contributed by atoms with E-state index in [2.05, 4.69) is 4.72 Å². The number of aliphatic hydroxyl groups is 1. The van der Waals surface area contributed by atoms with Crippen molar-refractivity contribution in [3.05, 3.63) is 18.0 Å². The summed E-state index contributed by atoms with van der Waals surface area (Å²) in [4.78, 5) is 11.1. The van der Waals surface area contributed by atoms with E-state index in [4.69, 9.17) is 10.2 Å². The smallest absolute Gasteiger partial charge is 0.352 e. The minimum Gasteiger partial charge on any atom is -0.477 e. The van der Waals surface area contributed by atoms with E-state index in [9.17, 15) is 13.2 Å². The zero-order valence-electron chi connectivity index (χ0n) is 11.1. The van der Waals surface area contributed by atoms with Crippen molar-refractivity contribution in [3.8, 4) is 0 Å². The molecule has 112 valence electrons. The lowest BCUT2D eigenvalue weighted by molar-refractivity contribution is 0.0685. The van der Waals surface area contributed by atoms with Crippen LogP contribution in [0.1, 0.15) is 42.7 Å². The first-order chi connectivity index (χ1) is 9.39. The summed E-state index contributed by atoms with van der Waals surface area (Å²) in [5.41, 5.74) is -0.0232. The van der Waals surface area contributed by atoms with E-state index >= 15 is 0 Å². The molecule has 1 atom stereocenters. The summed E-state index contributed by atoms with van der Waals surface area (Å²) in [6.45, 7) is 1.45. The molecule has 1 fully saturated rings.